The number of aromatic nitrogens is 3. The molecule has 0 N–H and O–H groups in total. The van der Waals surface area contributed by atoms with Crippen LogP contribution >= 0.6 is 0 Å². The Morgan fingerprint density at radius 2 is 0.606 bits per heavy atom. The summed E-state index contributed by atoms with van der Waals surface area (Å²) in [4.78, 5) is 16.4. The Labute approximate surface area is 377 Å². The third-order valence-electron chi connectivity index (χ3n) is 13.3. The lowest BCUT2D eigenvalue weighted by Crippen LogP contribution is -2.02. The topological polar surface area (TPSA) is 65.0 Å². The summed E-state index contributed by atoms with van der Waals surface area (Å²) in [5.41, 5.74) is 10.1. The number of benzene rings is 11. The zero-order valence-corrected chi connectivity index (χ0v) is 35.4. The first-order valence-electron chi connectivity index (χ1n) is 22.3. The molecule has 0 unspecified atom stereocenters. The van der Waals surface area contributed by atoms with E-state index in [9.17, 15) is 0 Å². The molecule has 14 aromatic rings. The third-order valence-corrected chi connectivity index (χ3v) is 13.3. The fraction of sp³-hybridized carbons (Fsp3) is 0. The molecule has 66 heavy (non-hydrogen) atoms. The van der Waals surface area contributed by atoms with Gasteiger partial charge in [-0.2, -0.15) is 0 Å². The lowest BCUT2D eigenvalue weighted by molar-refractivity contribution is 0.669. The molecule has 0 bridgehead atoms. The second-order valence-electron chi connectivity index (χ2n) is 16.9. The highest BCUT2D eigenvalue weighted by Crippen LogP contribution is 2.49. The minimum atomic E-state index is 0.507. The Morgan fingerprint density at radius 3 is 1.17 bits per heavy atom. The summed E-state index contributed by atoms with van der Waals surface area (Å²) in [5, 5.41) is 13.3. The van der Waals surface area contributed by atoms with Crippen molar-refractivity contribution in [2.24, 2.45) is 0 Å². The van der Waals surface area contributed by atoms with E-state index in [1.165, 1.54) is 32.7 Å². The molecule has 0 spiro atoms. The average molecular weight is 842 g/mol. The fourth-order valence-corrected chi connectivity index (χ4v) is 10.4. The monoisotopic (exact) mass is 841 g/mol. The number of nitrogens with zero attached hydrogens (tertiary/aromatic N) is 3. The molecule has 3 heterocycles. The van der Waals surface area contributed by atoms with Gasteiger partial charge >= 0.3 is 0 Å². The number of para-hydroxylation sites is 4. The Bertz CT molecular complexity index is 4120. The second kappa shape index (κ2) is 14.3. The Morgan fingerprint density at radius 1 is 0.227 bits per heavy atom. The van der Waals surface area contributed by atoms with E-state index in [1.807, 2.05) is 48.5 Å². The molecule has 0 atom stereocenters. The van der Waals surface area contributed by atoms with Gasteiger partial charge in [-0.3, -0.25) is 0 Å². The predicted molar refractivity (Wildman–Crippen MR) is 272 cm³/mol. The number of hydrogen-bond donors (Lipinski definition) is 0. The van der Waals surface area contributed by atoms with Crippen LogP contribution in [-0.4, -0.2) is 15.0 Å². The lowest BCUT2D eigenvalue weighted by Gasteiger charge is -2.21. The minimum Gasteiger partial charge on any atom is -0.455 e. The number of rotatable bonds is 5. The summed E-state index contributed by atoms with van der Waals surface area (Å²) in [6, 6.07) is 74.7. The van der Waals surface area contributed by atoms with Gasteiger partial charge in [0, 0.05) is 27.1 Å². The van der Waals surface area contributed by atoms with Crippen molar-refractivity contribution < 1.29 is 8.83 Å². The van der Waals surface area contributed by atoms with Gasteiger partial charge in [0.2, 0.25) is 0 Å². The van der Waals surface area contributed by atoms with Crippen molar-refractivity contribution in [2.45, 2.75) is 0 Å². The van der Waals surface area contributed by atoms with E-state index >= 15 is 0 Å². The molecule has 0 fully saturated rings. The van der Waals surface area contributed by atoms with E-state index in [1.54, 1.807) is 0 Å². The Hall–Kier alpha value is -8.93. The molecule has 5 heteroatoms. The van der Waals surface area contributed by atoms with Gasteiger partial charge in [-0.15, -0.1) is 0 Å². The Kier molecular flexibility index (Phi) is 7.91. The van der Waals surface area contributed by atoms with Crippen molar-refractivity contribution in [1.29, 1.82) is 0 Å². The van der Waals surface area contributed by atoms with Crippen LogP contribution in [0.2, 0.25) is 0 Å². The first-order chi connectivity index (χ1) is 32.7. The van der Waals surface area contributed by atoms with Crippen LogP contribution in [0.5, 0.6) is 0 Å². The van der Waals surface area contributed by atoms with Crippen LogP contribution in [0, 0.1) is 0 Å². The standard InChI is InChI=1S/C61H35N3O2/c1-3-19-38-36(16-1)18-13-27-42(38)54-43-23-5-7-25-45(43)55(46-26-8-6-24-44(46)54)49-35-34-37-17-2-4-20-39(37)56(49)61-63-59(50-30-14-28-47-40-21-9-11-32-52(40)65-57(47)50)62-60(64-61)51-31-15-29-48-41-22-10-12-33-53(41)66-58(48)51/h1-35H. The summed E-state index contributed by atoms with van der Waals surface area (Å²) in [5.74, 6) is 1.56. The SMILES string of the molecule is c1ccc2c(-c3c4ccccc4c(-c4ccc5ccccc5c4-c4nc(-c5cccc6c5oc5ccccc56)nc(-c5cccc6c5oc5ccccc56)n4)c4ccccc34)cccc2c1. The zero-order chi connectivity index (χ0) is 43.3. The molecule has 14 rings (SSSR count). The van der Waals surface area contributed by atoms with Crippen molar-refractivity contribution in [3.8, 4) is 56.4 Å². The zero-order valence-electron chi connectivity index (χ0n) is 35.4. The maximum atomic E-state index is 6.65. The highest BCUT2D eigenvalue weighted by Gasteiger charge is 2.25. The molecular weight excluding hydrogens is 807 g/mol. The van der Waals surface area contributed by atoms with Crippen molar-refractivity contribution in [2.75, 3.05) is 0 Å². The van der Waals surface area contributed by atoms with E-state index in [0.29, 0.717) is 17.5 Å². The molecule has 0 saturated carbocycles. The first-order valence-corrected chi connectivity index (χ1v) is 22.3. The van der Waals surface area contributed by atoms with Gasteiger partial charge in [-0.1, -0.05) is 188 Å². The first kappa shape index (κ1) is 36.5. The molecule has 11 aromatic carbocycles. The van der Waals surface area contributed by atoms with E-state index in [0.717, 1.165) is 93.2 Å². The minimum absolute atomic E-state index is 0.507. The van der Waals surface area contributed by atoms with Crippen molar-refractivity contribution in [3.63, 3.8) is 0 Å². The van der Waals surface area contributed by atoms with Crippen molar-refractivity contribution in [1.82, 2.24) is 15.0 Å². The quantitative estimate of drug-likeness (QED) is 0.162. The summed E-state index contributed by atoms with van der Waals surface area (Å²) in [6.45, 7) is 0. The summed E-state index contributed by atoms with van der Waals surface area (Å²) in [7, 11) is 0. The van der Waals surface area contributed by atoms with Gasteiger partial charge in [-0.25, -0.2) is 15.0 Å². The molecular formula is C61H35N3O2. The number of fused-ring (bicyclic) bond motifs is 10. The number of hydrogen-bond acceptors (Lipinski definition) is 5. The maximum Gasteiger partial charge on any atom is 0.167 e. The van der Waals surface area contributed by atoms with Crippen LogP contribution in [0.25, 0.3) is 143 Å². The van der Waals surface area contributed by atoms with Gasteiger partial charge in [-0.05, 0) is 89.6 Å². The van der Waals surface area contributed by atoms with Gasteiger partial charge in [0.1, 0.15) is 22.3 Å². The molecule has 0 aliphatic rings. The largest absolute Gasteiger partial charge is 0.455 e. The van der Waals surface area contributed by atoms with Crippen LogP contribution in [0.15, 0.2) is 221 Å². The molecule has 0 aliphatic carbocycles. The van der Waals surface area contributed by atoms with E-state index in [-0.39, 0.29) is 0 Å². The van der Waals surface area contributed by atoms with Crippen LogP contribution in [-0.2, 0) is 0 Å². The van der Waals surface area contributed by atoms with E-state index in [4.69, 9.17) is 23.8 Å². The van der Waals surface area contributed by atoms with E-state index in [2.05, 4.69) is 164 Å². The molecule has 0 aliphatic heterocycles. The van der Waals surface area contributed by atoms with Crippen LogP contribution < -0.4 is 0 Å². The van der Waals surface area contributed by atoms with Crippen LogP contribution in [0.4, 0.5) is 0 Å². The smallest absolute Gasteiger partial charge is 0.167 e. The number of furan rings is 2. The molecule has 0 radical (unpaired) electrons. The summed E-state index contributed by atoms with van der Waals surface area (Å²) >= 11 is 0. The highest BCUT2D eigenvalue weighted by molar-refractivity contribution is 6.25. The lowest BCUT2D eigenvalue weighted by atomic mass is 9.83. The van der Waals surface area contributed by atoms with Gasteiger partial charge < -0.3 is 8.83 Å². The molecule has 306 valence electrons. The molecule has 3 aromatic heterocycles. The van der Waals surface area contributed by atoms with Crippen LogP contribution in [0.1, 0.15) is 0 Å². The van der Waals surface area contributed by atoms with Gasteiger partial charge in [0.15, 0.2) is 17.5 Å². The Balaban J connectivity index is 1.11. The molecule has 0 amide bonds. The molecule has 5 nitrogen and oxygen atoms in total. The van der Waals surface area contributed by atoms with Crippen molar-refractivity contribution >= 4 is 87.0 Å². The van der Waals surface area contributed by atoms with Gasteiger partial charge in [0.25, 0.3) is 0 Å². The van der Waals surface area contributed by atoms with E-state index < -0.39 is 0 Å². The van der Waals surface area contributed by atoms with Gasteiger partial charge in [0.05, 0.1) is 11.1 Å². The summed E-state index contributed by atoms with van der Waals surface area (Å²) < 4.78 is 13.3. The molecule has 0 saturated heterocycles. The third kappa shape index (κ3) is 5.44. The normalized spacial score (nSPS) is 11.9. The highest BCUT2D eigenvalue weighted by atomic mass is 16.3. The average Bonchev–Trinajstić information content (AvgIpc) is 3.96. The second-order valence-corrected chi connectivity index (χ2v) is 16.9. The van der Waals surface area contributed by atoms with Crippen LogP contribution in [0.3, 0.4) is 0 Å². The predicted octanol–water partition coefficient (Wildman–Crippen LogP) is 16.6. The summed E-state index contributed by atoms with van der Waals surface area (Å²) in [6.07, 6.45) is 0. The fourth-order valence-electron chi connectivity index (χ4n) is 10.4. The maximum absolute atomic E-state index is 6.65. The van der Waals surface area contributed by atoms with Crippen molar-refractivity contribution in [3.05, 3.63) is 212 Å².